The summed E-state index contributed by atoms with van der Waals surface area (Å²) in [5.74, 6) is -0.732. The van der Waals surface area contributed by atoms with Crippen molar-refractivity contribution in [2.75, 3.05) is 14.2 Å². The van der Waals surface area contributed by atoms with Gasteiger partial charge in [0.15, 0.2) is 11.5 Å². The van der Waals surface area contributed by atoms with Gasteiger partial charge in [-0.3, -0.25) is 0 Å². The maximum Gasteiger partial charge on any atom is 0.418 e. The molecule has 0 heterocycles. The van der Waals surface area contributed by atoms with Crippen LogP contribution in [0.15, 0.2) is 18.2 Å². The molecule has 6 nitrogen and oxygen atoms in total. The molecule has 0 amide bonds. The summed E-state index contributed by atoms with van der Waals surface area (Å²) in [5, 5.41) is 0. The van der Waals surface area contributed by atoms with E-state index in [1.165, 1.54) is 6.42 Å². The van der Waals surface area contributed by atoms with E-state index in [0.29, 0.717) is 11.5 Å². The molecule has 1 aliphatic carbocycles. The largest absolute Gasteiger partial charge is 0.493 e. The van der Waals surface area contributed by atoms with E-state index in [1.54, 1.807) is 13.2 Å². The summed E-state index contributed by atoms with van der Waals surface area (Å²) in [6.07, 6.45) is 4.51. The van der Waals surface area contributed by atoms with Gasteiger partial charge < -0.3 is 18.9 Å². The Morgan fingerprint density at radius 3 is 2.31 bits per heavy atom. The molecule has 0 spiro atoms. The van der Waals surface area contributed by atoms with Crippen molar-refractivity contribution in [1.82, 2.24) is 0 Å². The predicted octanol–water partition coefficient (Wildman–Crippen LogP) is 3.82. The van der Waals surface area contributed by atoms with Gasteiger partial charge in [-0.1, -0.05) is 31.4 Å². The van der Waals surface area contributed by atoms with Crippen molar-refractivity contribution in [3.05, 3.63) is 23.8 Å². The molecule has 1 fully saturated rings. The van der Waals surface area contributed by atoms with E-state index in [-0.39, 0.29) is 12.0 Å². The summed E-state index contributed by atoms with van der Waals surface area (Å²) in [5.41, 5.74) is 0.724. The highest BCUT2D eigenvalue weighted by molar-refractivity contribution is 6.29. The van der Waals surface area contributed by atoms with Gasteiger partial charge in [0.25, 0.3) is 0 Å². The summed E-state index contributed by atoms with van der Waals surface area (Å²) in [4.78, 5) is 23.7. The van der Waals surface area contributed by atoms with Crippen LogP contribution in [0.4, 0.5) is 0 Å². The second-order valence-corrected chi connectivity index (χ2v) is 6.76. The molecule has 0 bridgehead atoms. The third-order valence-corrected chi connectivity index (χ3v) is 4.55. The molecule has 0 saturated heterocycles. The Bertz CT molecular complexity index is 619. The van der Waals surface area contributed by atoms with Gasteiger partial charge in [-0.25, -0.2) is 9.59 Å². The topological polar surface area (TPSA) is 71.1 Å². The summed E-state index contributed by atoms with van der Waals surface area (Å²) in [6.45, 7) is 3.85. The van der Waals surface area contributed by atoms with E-state index >= 15 is 0 Å². The maximum absolute atomic E-state index is 12.1. The zero-order chi connectivity index (χ0) is 19.1. The quantitative estimate of drug-likeness (QED) is 0.564. The molecule has 1 unspecified atom stereocenters. The van der Waals surface area contributed by atoms with Crippen LogP contribution in [0.1, 0.15) is 57.6 Å². The first-order valence-electron chi connectivity index (χ1n) is 9.10. The van der Waals surface area contributed by atoms with Crippen LogP contribution in [-0.4, -0.2) is 32.3 Å². The fourth-order valence-corrected chi connectivity index (χ4v) is 3.38. The van der Waals surface area contributed by atoms with Crippen molar-refractivity contribution < 1.29 is 28.5 Å². The SMILES string of the molecule is COC(=O)C(=O)OC(c1cccc(OC)c1OC(C)C)C1CCCCC1. The van der Waals surface area contributed by atoms with Crippen molar-refractivity contribution in [3.63, 3.8) is 0 Å². The highest BCUT2D eigenvalue weighted by Gasteiger charge is 2.34. The number of rotatable bonds is 6. The van der Waals surface area contributed by atoms with E-state index in [1.807, 2.05) is 26.0 Å². The molecular weight excluding hydrogens is 336 g/mol. The molecule has 1 atom stereocenters. The number of methoxy groups -OCH3 is 2. The number of esters is 2. The molecule has 144 valence electrons. The molecule has 0 aromatic heterocycles. The Morgan fingerprint density at radius 2 is 1.73 bits per heavy atom. The lowest BCUT2D eigenvalue weighted by molar-refractivity contribution is -0.172. The molecule has 1 aliphatic rings. The number of hydrogen-bond acceptors (Lipinski definition) is 6. The zero-order valence-electron chi connectivity index (χ0n) is 15.9. The first-order valence-corrected chi connectivity index (χ1v) is 9.10. The molecule has 1 aromatic rings. The summed E-state index contributed by atoms with van der Waals surface area (Å²) in [6, 6.07) is 5.51. The van der Waals surface area contributed by atoms with Gasteiger partial charge in [0.2, 0.25) is 0 Å². The first-order chi connectivity index (χ1) is 12.5. The average molecular weight is 364 g/mol. The van der Waals surface area contributed by atoms with Crippen LogP contribution < -0.4 is 9.47 Å². The van der Waals surface area contributed by atoms with Crippen LogP contribution in [0.5, 0.6) is 11.5 Å². The Labute approximate surface area is 154 Å². The normalized spacial score (nSPS) is 16.0. The van der Waals surface area contributed by atoms with Crippen LogP contribution in [0, 0.1) is 5.92 Å². The summed E-state index contributed by atoms with van der Waals surface area (Å²) >= 11 is 0. The predicted molar refractivity (Wildman–Crippen MR) is 96.2 cm³/mol. The zero-order valence-corrected chi connectivity index (χ0v) is 15.9. The number of carbonyl (C=O) groups excluding carboxylic acids is 2. The molecule has 0 radical (unpaired) electrons. The van der Waals surface area contributed by atoms with Gasteiger partial charge in [0, 0.05) is 11.5 Å². The molecule has 26 heavy (non-hydrogen) atoms. The Morgan fingerprint density at radius 1 is 1.04 bits per heavy atom. The van der Waals surface area contributed by atoms with Crippen molar-refractivity contribution in [2.24, 2.45) is 5.92 Å². The molecular formula is C20H28O6. The van der Waals surface area contributed by atoms with E-state index in [9.17, 15) is 9.59 Å². The molecule has 1 aromatic carbocycles. The van der Waals surface area contributed by atoms with Crippen molar-refractivity contribution in [1.29, 1.82) is 0 Å². The Balaban J connectivity index is 2.43. The number of para-hydroxylation sites is 1. The molecule has 0 aliphatic heterocycles. The van der Waals surface area contributed by atoms with Gasteiger partial charge in [-0.2, -0.15) is 0 Å². The maximum atomic E-state index is 12.1. The number of hydrogen-bond donors (Lipinski definition) is 0. The van der Waals surface area contributed by atoms with Gasteiger partial charge in [0.1, 0.15) is 6.10 Å². The van der Waals surface area contributed by atoms with Gasteiger partial charge >= 0.3 is 11.9 Å². The smallest absolute Gasteiger partial charge is 0.418 e. The van der Waals surface area contributed by atoms with Gasteiger partial charge in [0.05, 0.1) is 20.3 Å². The average Bonchev–Trinajstić information content (AvgIpc) is 2.65. The third-order valence-electron chi connectivity index (χ3n) is 4.55. The second-order valence-electron chi connectivity index (χ2n) is 6.76. The number of carbonyl (C=O) groups is 2. The number of benzene rings is 1. The third kappa shape index (κ3) is 4.90. The summed E-state index contributed by atoms with van der Waals surface area (Å²) < 4.78 is 21.5. The molecule has 6 heteroatoms. The lowest BCUT2D eigenvalue weighted by Gasteiger charge is -2.31. The van der Waals surface area contributed by atoms with Crippen molar-refractivity contribution >= 4 is 11.9 Å². The standard InChI is InChI=1S/C20H28O6/c1-13(2)25-18-15(11-8-12-16(18)23-3)17(14-9-6-5-7-10-14)26-20(22)19(21)24-4/h8,11-14,17H,5-7,9-10H2,1-4H3. The Hall–Kier alpha value is -2.24. The first kappa shape index (κ1) is 20.1. The van der Waals surface area contributed by atoms with Crippen LogP contribution in [0.3, 0.4) is 0 Å². The van der Waals surface area contributed by atoms with Crippen molar-refractivity contribution in [3.8, 4) is 11.5 Å². The van der Waals surface area contributed by atoms with Crippen LogP contribution >= 0.6 is 0 Å². The van der Waals surface area contributed by atoms with Crippen LogP contribution in [0.2, 0.25) is 0 Å². The highest BCUT2D eigenvalue weighted by Crippen LogP contribution is 2.44. The van der Waals surface area contributed by atoms with Crippen molar-refractivity contribution in [2.45, 2.75) is 58.2 Å². The molecule has 0 N–H and O–H groups in total. The lowest BCUT2D eigenvalue weighted by Crippen LogP contribution is -2.27. The minimum atomic E-state index is -1.000. The highest BCUT2D eigenvalue weighted by atomic mass is 16.6. The lowest BCUT2D eigenvalue weighted by atomic mass is 9.82. The van der Waals surface area contributed by atoms with E-state index in [2.05, 4.69) is 4.74 Å². The van der Waals surface area contributed by atoms with E-state index < -0.39 is 18.0 Å². The fourth-order valence-electron chi connectivity index (χ4n) is 3.38. The fraction of sp³-hybridized carbons (Fsp3) is 0.600. The molecule has 1 saturated carbocycles. The van der Waals surface area contributed by atoms with Gasteiger partial charge in [-0.15, -0.1) is 0 Å². The van der Waals surface area contributed by atoms with E-state index in [0.717, 1.165) is 38.4 Å². The minimum absolute atomic E-state index is 0.0756. The monoisotopic (exact) mass is 364 g/mol. The second kappa shape index (κ2) is 9.46. The Kier molecular flexibility index (Phi) is 7.30. The summed E-state index contributed by atoms with van der Waals surface area (Å²) in [7, 11) is 2.74. The number of ether oxygens (including phenoxy) is 4. The van der Waals surface area contributed by atoms with Crippen LogP contribution in [0.25, 0.3) is 0 Å². The van der Waals surface area contributed by atoms with Gasteiger partial charge in [-0.05, 0) is 32.8 Å². The minimum Gasteiger partial charge on any atom is -0.493 e. The molecule has 2 rings (SSSR count). The van der Waals surface area contributed by atoms with E-state index in [4.69, 9.17) is 14.2 Å². The van der Waals surface area contributed by atoms with Crippen LogP contribution in [-0.2, 0) is 19.1 Å².